The van der Waals surface area contributed by atoms with Crippen molar-refractivity contribution in [1.82, 2.24) is 18.7 Å². The van der Waals surface area contributed by atoms with Crippen molar-refractivity contribution in [3.8, 4) is 17.6 Å². The van der Waals surface area contributed by atoms with E-state index in [-0.39, 0.29) is 22.4 Å². The molecule has 178 valence electrons. The molecule has 0 unspecified atom stereocenters. The van der Waals surface area contributed by atoms with Crippen LogP contribution in [0.3, 0.4) is 0 Å². The van der Waals surface area contributed by atoms with E-state index in [1.54, 1.807) is 6.07 Å². The third-order valence-corrected chi connectivity index (χ3v) is 8.11. The van der Waals surface area contributed by atoms with E-state index in [2.05, 4.69) is 14.7 Å². The molecule has 1 spiro atoms. The molecule has 1 N–H and O–H groups in total. The summed E-state index contributed by atoms with van der Waals surface area (Å²) in [7, 11) is -3.91. The van der Waals surface area contributed by atoms with Crippen LogP contribution in [-0.2, 0) is 10.2 Å². The van der Waals surface area contributed by atoms with Gasteiger partial charge in [0.1, 0.15) is 23.7 Å². The largest absolute Gasteiger partial charge is 0.453 e. The molecule has 1 aliphatic carbocycles. The zero-order valence-electron chi connectivity index (χ0n) is 18.2. The summed E-state index contributed by atoms with van der Waals surface area (Å²) in [5.74, 6) is -1.82. The van der Waals surface area contributed by atoms with Crippen molar-refractivity contribution in [2.45, 2.75) is 19.3 Å². The minimum Gasteiger partial charge on any atom is -0.453 e. The van der Waals surface area contributed by atoms with Gasteiger partial charge in [0.05, 0.1) is 17.4 Å². The maximum atomic E-state index is 14.8. The molecule has 2 aromatic carbocycles. The number of nitriles is 1. The molecule has 0 radical (unpaired) electrons. The first-order chi connectivity index (χ1) is 16.8. The van der Waals surface area contributed by atoms with Crippen LogP contribution in [0.1, 0.15) is 24.8 Å². The smallest absolute Gasteiger partial charge is 0.301 e. The van der Waals surface area contributed by atoms with Crippen LogP contribution in [0.2, 0.25) is 0 Å². The van der Waals surface area contributed by atoms with Crippen molar-refractivity contribution in [2.24, 2.45) is 5.41 Å². The van der Waals surface area contributed by atoms with Gasteiger partial charge in [0.25, 0.3) is 0 Å². The minimum atomic E-state index is -3.91. The van der Waals surface area contributed by atoms with Crippen LogP contribution in [0.5, 0.6) is 11.5 Å². The topological polar surface area (TPSA) is 113 Å². The molecule has 6 rings (SSSR count). The zero-order valence-corrected chi connectivity index (χ0v) is 19.0. The number of rotatable bonds is 5. The fourth-order valence-corrected chi connectivity index (χ4v) is 6.15. The van der Waals surface area contributed by atoms with Crippen LogP contribution in [0.25, 0.3) is 16.6 Å². The van der Waals surface area contributed by atoms with Crippen molar-refractivity contribution < 1.29 is 21.9 Å². The highest BCUT2D eigenvalue weighted by Gasteiger charge is 2.51. The number of hydrogen-bond acceptors (Lipinski definition) is 6. The highest BCUT2D eigenvalue weighted by atomic mass is 32.2. The van der Waals surface area contributed by atoms with Gasteiger partial charge in [-0.05, 0) is 48.6 Å². The summed E-state index contributed by atoms with van der Waals surface area (Å²) in [6.07, 6.45) is 5.71. The average Bonchev–Trinajstić information content (AvgIpc) is 3.14. The Balaban J connectivity index is 1.33. The van der Waals surface area contributed by atoms with Crippen LogP contribution in [-0.4, -0.2) is 40.2 Å². The molecule has 3 heterocycles. The summed E-state index contributed by atoms with van der Waals surface area (Å²) in [6.45, 7) is 0.867. The van der Waals surface area contributed by atoms with Crippen LogP contribution >= 0.6 is 0 Å². The van der Waals surface area contributed by atoms with E-state index in [1.807, 2.05) is 6.07 Å². The molecule has 4 aromatic rings. The van der Waals surface area contributed by atoms with E-state index in [9.17, 15) is 22.5 Å². The van der Waals surface area contributed by atoms with E-state index < -0.39 is 27.7 Å². The fourth-order valence-electron chi connectivity index (χ4n) is 4.69. The van der Waals surface area contributed by atoms with Gasteiger partial charge >= 0.3 is 10.2 Å². The molecule has 0 atom stereocenters. The van der Waals surface area contributed by atoms with Gasteiger partial charge < -0.3 is 4.74 Å². The number of nitrogens with one attached hydrogen (secondary N) is 1. The predicted octanol–water partition coefficient (Wildman–Crippen LogP) is 3.97. The van der Waals surface area contributed by atoms with E-state index in [0.29, 0.717) is 29.6 Å². The Morgan fingerprint density at radius 3 is 2.69 bits per heavy atom. The van der Waals surface area contributed by atoms with Gasteiger partial charge in [-0.2, -0.15) is 27.4 Å². The molecule has 2 aliphatic rings. The summed E-state index contributed by atoms with van der Waals surface area (Å²) in [5.41, 5.74) is 0.503. The molecule has 2 aromatic heterocycles. The highest BCUT2D eigenvalue weighted by molar-refractivity contribution is 7.90. The first-order valence-corrected chi connectivity index (χ1v) is 12.3. The van der Waals surface area contributed by atoms with Gasteiger partial charge in [0.2, 0.25) is 5.95 Å². The maximum Gasteiger partial charge on any atom is 0.301 e. The van der Waals surface area contributed by atoms with Crippen LogP contribution in [0, 0.1) is 28.5 Å². The number of fused-ring (bicyclic) bond motifs is 3. The Kier molecular flexibility index (Phi) is 4.71. The zero-order chi connectivity index (χ0) is 24.4. The van der Waals surface area contributed by atoms with Gasteiger partial charge in [0.15, 0.2) is 17.2 Å². The molecule has 0 bridgehead atoms. The number of hydrogen-bond donors (Lipinski definition) is 1. The molecule has 2 fully saturated rings. The number of benzene rings is 2. The maximum absolute atomic E-state index is 14.8. The molecule has 1 saturated carbocycles. The summed E-state index contributed by atoms with van der Waals surface area (Å²) < 4.78 is 64.9. The molecule has 0 amide bonds. The van der Waals surface area contributed by atoms with Crippen molar-refractivity contribution in [2.75, 3.05) is 17.8 Å². The third-order valence-electron chi connectivity index (χ3n) is 6.69. The molecular weight excluding hydrogens is 478 g/mol. The van der Waals surface area contributed by atoms with Crippen LogP contribution < -0.4 is 9.46 Å². The number of anilines is 1. The number of ether oxygens (including phenoxy) is 1. The lowest BCUT2D eigenvalue weighted by Gasteiger charge is -2.54. The van der Waals surface area contributed by atoms with Crippen LogP contribution in [0.4, 0.5) is 14.5 Å². The quantitative estimate of drug-likeness (QED) is 0.448. The second-order valence-electron chi connectivity index (χ2n) is 8.96. The monoisotopic (exact) mass is 496 g/mol. The Labute approximate surface area is 198 Å². The van der Waals surface area contributed by atoms with Gasteiger partial charge in [0, 0.05) is 18.5 Å². The predicted molar refractivity (Wildman–Crippen MR) is 122 cm³/mol. The lowest BCUT2D eigenvalue weighted by atomic mass is 9.65. The minimum absolute atomic E-state index is 0.0813. The molecule has 35 heavy (non-hydrogen) atoms. The van der Waals surface area contributed by atoms with Gasteiger partial charge in [-0.3, -0.25) is 9.12 Å². The first-order valence-electron chi connectivity index (χ1n) is 10.9. The number of aromatic nitrogens is 3. The molecule has 12 heteroatoms. The summed E-state index contributed by atoms with van der Waals surface area (Å²) in [6, 6.07) is 8.67. The number of nitrogens with zero attached hydrogens (tertiary/aromatic N) is 5. The van der Waals surface area contributed by atoms with Gasteiger partial charge in [-0.15, -0.1) is 0 Å². The van der Waals surface area contributed by atoms with Crippen molar-refractivity contribution >= 4 is 32.4 Å². The number of halogens is 2. The van der Waals surface area contributed by atoms with Gasteiger partial charge in [-0.1, -0.05) is 6.42 Å². The molecule has 1 aliphatic heterocycles. The second-order valence-corrected chi connectivity index (χ2v) is 10.6. The Bertz CT molecular complexity index is 1650. The van der Waals surface area contributed by atoms with Crippen molar-refractivity contribution in [3.63, 3.8) is 0 Å². The van der Waals surface area contributed by atoms with E-state index >= 15 is 0 Å². The third kappa shape index (κ3) is 3.55. The second kappa shape index (κ2) is 7.59. The Morgan fingerprint density at radius 1 is 1.17 bits per heavy atom. The van der Waals surface area contributed by atoms with E-state index in [1.165, 1.54) is 39.4 Å². The normalized spacial score (nSPS) is 17.2. The standard InChI is InChI=1S/C23H18F2N6O3S/c24-17-3-5-19(29-35(32,33)31-11-23(12-31)6-1-7-23)16(9-26)21(17)34-14-2-4-18-15(8-14)22-28-20(25)10-30(22)13-27-18/h2-5,8,10,13,29H,1,6-7,11-12H2. The number of imidazole rings is 1. The first kappa shape index (κ1) is 21.7. The fraction of sp³-hybridized carbons (Fsp3) is 0.261. The van der Waals surface area contributed by atoms with E-state index in [0.717, 1.165) is 25.3 Å². The summed E-state index contributed by atoms with van der Waals surface area (Å²) in [4.78, 5) is 8.06. The average molecular weight is 496 g/mol. The Morgan fingerprint density at radius 2 is 1.97 bits per heavy atom. The van der Waals surface area contributed by atoms with E-state index in [4.69, 9.17) is 4.74 Å². The summed E-state index contributed by atoms with van der Waals surface area (Å²) in [5, 5.41) is 10.2. The van der Waals surface area contributed by atoms with Crippen LogP contribution in [0.15, 0.2) is 42.9 Å². The summed E-state index contributed by atoms with van der Waals surface area (Å²) >= 11 is 0. The van der Waals surface area contributed by atoms with Crippen molar-refractivity contribution in [1.29, 1.82) is 5.26 Å². The van der Waals surface area contributed by atoms with Crippen molar-refractivity contribution in [3.05, 3.63) is 60.2 Å². The Hall–Kier alpha value is -3.82. The van der Waals surface area contributed by atoms with Gasteiger partial charge in [-0.25, -0.2) is 9.37 Å². The lowest BCUT2D eigenvalue weighted by Crippen LogP contribution is -2.62. The lowest BCUT2D eigenvalue weighted by molar-refractivity contribution is -0.00752. The SMILES string of the molecule is N#Cc1c(NS(=O)(=O)N2CC3(CCC3)C2)ccc(F)c1Oc1ccc2ncn3cc(F)nc3c2c1. The molecular formula is C23H18F2N6O3S. The molecule has 9 nitrogen and oxygen atoms in total. The highest BCUT2D eigenvalue weighted by Crippen LogP contribution is 2.49. The molecule has 1 saturated heterocycles.